The molecule has 0 spiro atoms. The van der Waals surface area contributed by atoms with Crippen molar-refractivity contribution in [3.8, 4) is 0 Å². The van der Waals surface area contributed by atoms with Crippen LogP contribution in [0.25, 0.3) is 0 Å². The highest BCUT2D eigenvalue weighted by molar-refractivity contribution is 9.10. The molecule has 0 bridgehead atoms. The van der Waals surface area contributed by atoms with Gasteiger partial charge in [-0.3, -0.25) is 4.79 Å². The van der Waals surface area contributed by atoms with Crippen LogP contribution in [0.1, 0.15) is 31.2 Å². The van der Waals surface area contributed by atoms with Crippen LogP contribution in [0, 0.1) is 6.92 Å². The second kappa shape index (κ2) is 6.58. The number of amides is 1. The molecular weight excluding hydrogens is 338 g/mol. The van der Waals surface area contributed by atoms with Crippen molar-refractivity contribution >= 4 is 33.5 Å². The van der Waals surface area contributed by atoms with Gasteiger partial charge >= 0.3 is 5.97 Å². The maximum Gasteiger partial charge on any atom is 0.338 e. The van der Waals surface area contributed by atoms with Crippen LogP contribution in [0.5, 0.6) is 0 Å². The number of aryl methyl sites for hydroxylation is 1. The van der Waals surface area contributed by atoms with Gasteiger partial charge in [0.1, 0.15) is 0 Å². The molecule has 5 nitrogen and oxygen atoms in total. The third-order valence-electron chi connectivity index (χ3n) is 3.59. The van der Waals surface area contributed by atoms with Crippen molar-refractivity contribution in [3.05, 3.63) is 28.2 Å². The van der Waals surface area contributed by atoms with Gasteiger partial charge in [-0.2, -0.15) is 0 Å². The van der Waals surface area contributed by atoms with Crippen LogP contribution < -0.4 is 5.32 Å². The van der Waals surface area contributed by atoms with Gasteiger partial charge in [0.25, 0.3) is 5.91 Å². The maximum absolute atomic E-state index is 11.8. The van der Waals surface area contributed by atoms with Crippen LogP contribution >= 0.6 is 15.9 Å². The van der Waals surface area contributed by atoms with E-state index in [0.717, 1.165) is 22.9 Å². The average molecular weight is 356 g/mol. The zero-order valence-electron chi connectivity index (χ0n) is 11.8. The van der Waals surface area contributed by atoms with Crippen molar-refractivity contribution in [2.24, 2.45) is 0 Å². The van der Waals surface area contributed by atoms with Crippen molar-refractivity contribution in [1.29, 1.82) is 0 Å². The highest BCUT2D eigenvalue weighted by Crippen LogP contribution is 2.30. The molecule has 1 aliphatic carbocycles. The molecule has 21 heavy (non-hydrogen) atoms. The second-order valence-electron chi connectivity index (χ2n) is 5.33. The highest BCUT2D eigenvalue weighted by Gasteiger charge is 2.40. The SMILES string of the molecule is Cc1cc(NC(=O)COC(=O)C2(O)CCCC2)ccc1Br. The first-order chi connectivity index (χ1) is 9.90. The smallest absolute Gasteiger partial charge is 0.338 e. The van der Waals surface area contributed by atoms with Gasteiger partial charge in [-0.1, -0.05) is 15.9 Å². The monoisotopic (exact) mass is 355 g/mol. The Labute approximate surface area is 131 Å². The number of hydrogen-bond donors (Lipinski definition) is 2. The summed E-state index contributed by atoms with van der Waals surface area (Å²) in [5, 5.41) is 12.7. The number of halogens is 1. The van der Waals surface area contributed by atoms with Gasteiger partial charge < -0.3 is 15.2 Å². The fraction of sp³-hybridized carbons (Fsp3) is 0.467. The summed E-state index contributed by atoms with van der Waals surface area (Å²) in [5.41, 5.74) is 0.218. The van der Waals surface area contributed by atoms with E-state index in [-0.39, 0.29) is 0 Å². The molecule has 1 fully saturated rings. The molecular formula is C15H18BrNO4. The molecule has 0 unspecified atom stereocenters. The predicted octanol–water partition coefficient (Wildman–Crippen LogP) is 2.54. The Balaban J connectivity index is 1.84. The number of carbonyl (C=O) groups is 2. The van der Waals surface area contributed by atoms with Gasteiger partial charge in [0.15, 0.2) is 12.2 Å². The Hall–Kier alpha value is -1.40. The van der Waals surface area contributed by atoms with Gasteiger partial charge in [-0.25, -0.2) is 4.79 Å². The molecule has 114 valence electrons. The highest BCUT2D eigenvalue weighted by atomic mass is 79.9. The number of carbonyl (C=O) groups excluding carboxylic acids is 2. The van der Waals surface area contributed by atoms with E-state index in [1.807, 2.05) is 19.1 Å². The first-order valence-electron chi connectivity index (χ1n) is 6.86. The number of nitrogens with one attached hydrogen (secondary N) is 1. The van der Waals surface area contributed by atoms with E-state index in [4.69, 9.17) is 4.74 Å². The van der Waals surface area contributed by atoms with Gasteiger partial charge in [0.2, 0.25) is 0 Å². The summed E-state index contributed by atoms with van der Waals surface area (Å²) < 4.78 is 5.86. The minimum atomic E-state index is -1.41. The van der Waals surface area contributed by atoms with E-state index in [0.29, 0.717) is 18.5 Å². The number of hydrogen-bond acceptors (Lipinski definition) is 4. The van der Waals surface area contributed by atoms with Crippen LogP contribution in [0.3, 0.4) is 0 Å². The number of esters is 1. The third-order valence-corrected chi connectivity index (χ3v) is 4.48. The van der Waals surface area contributed by atoms with E-state index in [1.54, 1.807) is 6.07 Å². The Morgan fingerprint density at radius 1 is 1.38 bits per heavy atom. The fourth-order valence-electron chi connectivity index (χ4n) is 2.35. The second-order valence-corrected chi connectivity index (χ2v) is 6.18. The quantitative estimate of drug-likeness (QED) is 0.813. The topological polar surface area (TPSA) is 75.6 Å². The Morgan fingerprint density at radius 3 is 2.67 bits per heavy atom. The first-order valence-corrected chi connectivity index (χ1v) is 7.66. The molecule has 6 heteroatoms. The number of aliphatic hydroxyl groups is 1. The first kappa shape index (κ1) is 16.0. The largest absolute Gasteiger partial charge is 0.453 e. The minimum absolute atomic E-state index is 0.393. The van der Waals surface area contributed by atoms with E-state index in [1.165, 1.54) is 0 Å². The van der Waals surface area contributed by atoms with Crippen LogP contribution in [0.15, 0.2) is 22.7 Å². The molecule has 0 radical (unpaired) electrons. The van der Waals surface area contributed by atoms with Crippen molar-refractivity contribution in [2.45, 2.75) is 38.2 Å². The molecule has 0 aliphatic heterocycles. The van der Waals surface area contributed by atoms with Crippen LogP contribution in [0.4, 0.5) is 5.69 Å². The van der Waals surface area contributed by atoms with Crippen molar-refractivity contribution < 1.29 is 19.4 Å². The summed E-state index contributed by atoms with van der Waals surface area (Å²) >= 11 is 3.38. The van der Waals surface area contributed by atoms with Crippen LogP contribution in [0.2, 0.25) is 0 Å². The molecule has 1 aromatic rings. The minimum Gasteiger partial charge on any atom is -0.453 e. The molecule has 1 amide bonds. The van der Waals surface area contributed by atoms with E-state index < -0.39 is 24.1 Å². The zero-order valence-corrected chi connectivity index (χ0v) is 13.4. The lowest BCUT2D eigenvalue weighted by molar-refractivity contribution is -0.166. The molecule has 2 rings (SSSR count). The van der Waals surface area contributed by atoms with Crippen LogP contribution in [-0.2, 0) is 14.3 Å². The lowest BCUT2D eigenvalue weighted by Gasteiger charge is -2.19. The molecule has 1 saturated carbocycles. The zero-order chi connectivity index (χ0) is 15.5. The third kappa shape index (κ3) is 4.04. The molecule has 0 aromatic heterocycles. The fourth-order valence-corrected chi connectivity index (χ4v) is 2.60. The normalized spacial score (nSPS) is 16.5. The van der Waals surface area contributed by atoms with Gasteiger partial charge in [0, 0.05) is 10.2 Å². The Morgan fingerprint density at radius 2 is 2.05 bits per heavy atom. The van der Waals surface area contributed by atoms with E-state index >= 15 is 0 Å². The van der Waals surface area contributed by atoms with Crippen LogP contribution in [-0.4, -0.2) is 29.2 Å². The lowest BCUT2D eigenvalue weighted by Crippen LogP contribution is -2.38. The number of ether oxygens (including phenoxy) is 1. The Kier molecular flexibility index (Phi) is 5.00. The molecule has 2 N–H and O–H groups in total. The summed E-state index contributed by atoms with van der Waals surface area (Å²) in [6.45, 7) is 1.52. The number of anilines is 1. The number of benzene rings is 1. The predicted molar refractivity (Wildman–Crippen MR) is 81.9 cm³/mol. The van der Waals surface area contributed by atoms with Gasteiger partial charge in [0.05, 0.1) is 0 Å². The van der Waals surface area contributed by atoms with E-state index in [9.17, 15) is 14.7 Å². The lowest BCUT2D eigenvalue weighted by atomic mass is 10.0. The summed E-state index contributed by atoms with van der Waals surface area (Å²) in [6.07, 6.45) is 2.41. The van der Waals surface area contributed by atoms with Crippen molar-refractivity contribution in [2.75, 3.05) is 11.9 Å². The molecule has 0 saturated heterocycles. The average Bonchev–Trinajstić information content (AvgIpc) is 2.88. The standard InChI is InChI=1S/C15H18BrNO4/c1-10-8-11(4-5-12(10)16)17-13(18)9-21-14(19)15(20)6-2-3-7-15/h4-5,8,20H,2-3,6-7,9H2,1H3,(H,17,18). The molecule has 1 aliphatic rings. The van der Waals surface area contributed by atoms with Crippen molar-refractivity contribution in [1.82, 2.24) is 0 Å². The molecule has 0 heterocycles. The van der Waals surface area contributed by atoms with Gasteiger partial charge in [-0.05, 0) is 56.4 Å². The molecule has 1 aromatic carbocycles. The summed E-state index contributed by atoms with van der Waals surface area (Å²) in [5.74, 6) is -1.13. The van der Waals surface area contributed by atoms with Gasteiger partial charge in [-0.15, -0.1) is 0 Å². The Bertz CT molecular complexity index is 553. The summed E-state index contributed by atoms with van der Waals surface area (Å²) in [7, 11) is 0. The summed E-state index contributed by atoms with van der Waals surface area (Å²) in [6, 6.07) is 5.40. The maximum atomic E-state index is 11.8. The molecule has 0 atom stereocenters. The van der Waals surface area contributed by atoms with E-state index in [2.05, 4.69) is 21.2 Å². The number of rotatable bonds is 4. The summed E-state index contributed by atoms with van der Waals surface area (Å²) in [4.78, 5) is 23.5. The van der Waals surface area contributed by atoms with Crippen molar-refractivity contribution in [3.63, 3.8) is 0 Å².